The van der Waals surface area contributed by atoms with Gasteiger partial charge in [0.2, 0.25) is 0 Å². The van der Waals surface area contributed by atoms with Crippen molar-refractivity contribution in [3.63, 3.8) is 0 Å². The van der Waals surface area contributed by atoms with E-state index in [0.717, 1.165) is 12.2 Å². The first-order valence-electron chi connectivity index (χ1n) is 6.74. The molecule has 2 aliphatic rings. The number of carbonyl (C=O) groups excluding carboxylic acids is 1. The maximum Gasteiger partial charge on any atom is 0.317 e. The average Bonchev–Trinajstić information content (AvgIpc) is 2.94. The van der Waals surface area contributed by atoms with Crippen molar-refractivity contribution >= 4 is 23.8 Å². The lowest BCUT2D eigenvalue weighted by Gasteiger charge is -2.34. The highest BCUT2D eigenvalue weighted by molar-refractivity contribution is 7.99. The van der Waals surface area contributed by atoms with Crippen LogP contribution < -0.4 is 5.32 Å². The summed E-state index contributed by atoms with van der Waals surface area (Å²) in [5, 5.41) is 11.9. The van der Waals surface area contributed by atoms with Gasteiger partial charge in [-0.3, -0.25) is 4.79 Å². The standard InChI is InChI=1S/C13H22N2O3S/c1-13(2)6-9(13)7-14-12(18)15-3-4-19-8-10(15)5-11(16)17/h9-10H,3-8H2,1-2H3,(H,14,18)(H,16,17). The van der Waals surface area contributed by atoms with Crippen molar-refractivity contribution in [2.24, 2.45) is 11.3 Å². The summed E-state index contributed by atoms with van der Waals surface area (Å²) in [6.45, 7) is 5.75. The third kappa shape index (κ3) is 3.78. The summed E-state index contributed by atoms with van der Waals surface area (Å²) >= 11 is 1.72. The lowest BCUT2D eigenvalue weighted by Crippen LogP contribution is -2.51. The number of carboxylic acids is 1. The van der Waals surface area contributed by atoms with E-state index in [2.05, 4.69) is 19.2 Å². The fraction of sp³-hybridized carbons (Fsp3) is 0.846. The van der Waals surface area contributed by atoms with E-state index in [-0.39, 0.29) is 18.5 Å². The Kier molecular flexibility index (Phi) is 4.28. The quantitative estimate of drug-likeness (QED) is 0.824. The van der Waals surface area contributed by atoms with E-state index in [4.69, 9.17) is 5.11 Å². The number of nitrogens with one attached hydrogen (secondary N) is 1. The summed E-state index contributed by atoms with van der Waals surface area (Å²) in [6, 6.07) is -0.280. The number of carboxylic acid groups (broad SMARTS) is 1. The minimum atomic E-state index is -0.839. The van der Waals surface area contributed by atoms with Gasteiger partial charge in [-0.25, -0.2) is 4.79 Å². The van der Waals surface area contributed by atoms with Gasteiger partial charge in [-0.1, -0.05) is 13.8 Å². The smallest absolute Gasteiger partial charge is 0.317 e. The molecule has 19 heavy (non-hydrogen) atoms. The summed E-state index contributed by atoms with van der Waals surface area (Å²) < 4.78 is 0. The Labute approximate surface area is 118 Å². The number of amides is 2. The van der Waals surface area contributed by atoms with Crippen molar-refractivity contribution in [2.75, 3.05) is 24.6 Å². The molecule has 5 nitrogen and oxygen atoms in total. The van der Waals surface area contributed by atoms with Crippen LogP contribution in [0.15, 0.2) is 0 Å². The number of rotatable bonds is 4. The molecule has 1 aliphatic carbocycles. The average molecular weight is 286 g/mol. The third-order valence-electron chi connectivity index (χ3n) is 4.12. The Hall–Kier alpha value is -0.910. The van der Waals surface area contributed by atoms with Crippen molar-refractivity contribution in [3.05, 3.63) is 0 Å². The van der Waals surface area contributed by atoms with Crippen LogP contribution in [0.2, 0.25) is 0 Å². The molecule has 0 bridgehead atoms. The minimum absolute atomic E-state index is 0.0370. The lowest BCUT2D eigenvalue weighted by molar-refractivity contribution is -0.137. The molecule has 0 aromatic rings. The maximum atomic E-state index is 12.1. The number of hydrogen-bond acceptors (Lipinski definition) is 3. The van der Waals surface area contributed by atoms with Crippen LogP contribution in [-0.2, 0) is 4.79 Å². The van der Waals surface area contributed by atoms with Crippen LogP contribution in [0.1, 0.15) is 26.7 Å². The van der Waals surface area contributed by atoms with E-state index in [1.807, 2.05) is 0 Å². The highest BCUT2D eigenvalue weighted by Crippen LogP contribution is 2.50. The van der Waals surface area contributed by atoms with Gasteiger partial charge in [0.1, 0.15) is 0 Å². The van der Waals surface area contributed by atoms with Gasteiger partial charge in [0.25, 0.3) is 0 Å². The second-order valence-electron chi connectivity index (χ2n) is 6.10. The molecule has 1 saturated heterocycles. The molecule has 0 radical (unpaired) electrons. The normalized spacial score (nSPS) is 28.8. The van der Waals surface area contributed by atoms with Crippen LogP contribution in [-0.4, -0.2) is 52.6 Å². The number of hydrogen-bond donors (Lipinski definition) is 2. The van der Waals surface area contributed by atoms with E-state index in [1.165, 1.54) is 0 Å². The summed E-state index contributed by atoms with van der Waals surface area (Å²) in [5.74, 6) is 1.33. The van der Waals surface area contributed by atoms with Crippen molar-refractivity contribution in [1.82, 2.24) is 10.2 Å². The van der Waals surface area contributed by atoms with Crippen LogP contribution >= 0.6 is 11.8 Å². The molecule has 108 valence electrons. The van der Waals surface area contributed by atoms with Crippen molar-refractivity contribution in [3.8, 4) is 0 Å². The zero-order valence-corrected chi connectivity index (χ0v) is 12.3. The molecule has 2 unspecified atom stereocenters. The first-order valence-corrected chi connectivity index (χ1v) is 7.89. The first-order chi connectivity index (χ1) is 8.90. The predicted molar refractivity (Wildman–Crippen MR) is 75.4 cm³/mol. The Morgan fingerprint density at radius 3 is 2.74 bits per heavy atom. The summed E-state index contributed by atoms with van der Waals surface area (Å²) in [4.78, 5) is 24.7. The Morgan fingerprint density at radius 2 is 2.16 bits per heavy atom. The largest absolute Gasteiger partial charge is 0.481 e. The van der Waals surface area contributed by atoms with E-state index in [1.54, 1.807) is 16.7 Å². The molecule has 1 saturated carbocycles. The van der Waals surface area contributed by atoms with E-state index < -0.39 is 5.97 Å². The molecule has 2 fully saturated rings. The topological polar surface area (TPSA) is 69.6 Å². The van der Waals surface area contributed by atoms with Gasteiger partial charge in [0, 0.05) is 24.6 Å². The minimum Gasteiger partial charge on any atom is -0.481 e. The second kappa shape index (κ2) is 5.61. The Balaban J connectivity index is 1.83. The molecule has 0 spiro atoms. The SMILES string of the molecule is CC1(C)CC1CNC(=O)N1CCSCC1CC(=O)O. The van der Waals surface area contributed by atoms with Gasteiger partial charge >= 0.3 is 12.0 Å². The number of aliphatic carboxylic acids is 1. The molecule has 2 rings (SSSR count). The van der Waals surface area contributed by atoms with Gasteiger partial charge in [-0.2, -0.15) is 11.8 Å². The van der Waals surface area contributed by atoms with Crippen molar-refractivity contribution < 1.29 is 14.7 Å². The van der Waals surface area contributed by atoms with Crippen LogP contribution in [0.4, 0.5) is 4.79 Å². The van der Waals surface area contributed by atoms with E-state index in [0.29, 0.717) is 30.2 Å². The van der Waals surface area contributed by atoms with Crippen LogP contribution in [0.25, 0.3) is 0 Å². The number of urea groups is 1. The Morgan fingerprint density at radius 1 is 1.47 bits per heavy atom. The summed E-state index contributed by atoms with van der Waals surface area (Å²) in [7, 11) is 0. The predicted octanol–water partition coefficient (Wildman–Crippen LogP) is 1.63. The van der Waals surface area contributed by atoms with Crippen LogP contribution in [0.5, 0.6) is 0 Å². The molecule has 1 aliphatic heterocycles. The molecule has 6 heteroatoms. The highest BCUT2D eigenvalue weighted by atomic mass is 32.2. The van der Waals surface area contributed by atoms with Gasteiger partial charge in [-0.15, -0.1) is 0 Å². The molecule has 2 amide bonds. The second-order valence-corrected chi connectivity index (χ2v) is 7.25. The first kappa shape index (κ1) is 14.5. The molecule has 0 aromatic heterocycles. The van der Waals surface area contributed by atoms with Crippen molar-refractivity contribution in [2.45, 2.75) is 32.7 Å². The van der Waals surface area contributed by atoms with E-state index in [9.17, 15) is 9.59 Å². The Bertz CT molecular complexity index is 373. The van der Waals surface area contributed by atoms with Gasteiger partial charge in [0.05, 0.1) is 12.5 Å². The van der Waals surface area contributed by atoms with Crippen molar-refractivity contribution in [1.29, 1.82) is 0 Å². The third-order valence-corrected chi connectivity index (χ3v) is 5.21. The van der Waals surface area contributed by atoms with Gasteiger partial charge in [0.15, 0.2) is 0 Å². The number of thioether (sulfide) groups is 1. The maximum absolute atomic E-state index is 12.1. The summed E-state index contributed by atoms with van der Waals surface area (Å²) in [5.41, 5.74) is 0.353. The lowest BCUT2D eigenvalue weighted by atomic mass is 10.1. The van der Waals surface area contributed by atoms with Crippen LogP contribution in [0.3, 0.4) is 0 Å². The van der Waals surface area contributed by atoms with E-state index >= 15 is 0 Å². The fourth-order valence-electron chi connectivity index (χ4n) is 2.53. The summed E-state index contributed by atoms with van der Waals surface area (Å²) in [6.07, 6.45) is 1.19. The monoisotopic (exact) mass is 286 g/mol. The molecule has 2 N–H and O–H groups in total. The molecular formula is C13H22N2O3S. The van der Waals surface area contributed by atoms with Gasteiger partial charge in [-0.05, 0) is 17.8 Å². The molecular weight excluding hydrogens is 264 g/mol. The highest BCUT2D eigenvalue weighted by Gasteiger charge is 2.45. The molecule has 2 atom stereocenters. The fourth-order valence-corrected chi connectivity index (χ4v) is 3.59. The molecule has 0 aromatic carbocycles. The van der Waals surface area contributed by atoms with Gasteiger partial charge < -0.3 is 15.3 Å². The number of nitrogens with zero attached hydrogens (tertiary/aromatic N) is 1. The zero-order valence-electron chi connectivity index (χ0n) is 11.5. The number of carbonyl (C=O) groups is 2. The zero-order chi connectivity index (χ0) is 14.0. The molecule has 1 heterocycles. The van der Waals surface area contributed by atoms with Crippen LogP contribution in [0, 0.1) is 11.3 Å².